The molecule has 9 nitrogen and oxygen atoms in total. The Bertz CT molecular complexity index is 1630. The van der Waals surface area contributed by atoms with Crippen LogP contribution in [0.2, 0.25) is 5.02 Å². The van der Waals surface area contributed by atoms with Crippen LogP contribution < -0.4 is 9.46 Å². The Morgan fingerprint density at radius 1 is 1.14 bits per heavy atom. The largest absolute Gasteiger partial charge is 0.480 e. The van der Waals surface area contributed by atoms with Crippen LogP contribution in [-0.4, -0.2) is 55.6 Å². The molecule has 0 saturated heterocycles. The van der Waals surface area contributed by atoms with Crippen LogP contribution in [0.5, 0.6) is 5.88 Å². The van der Waals surface area contributed by atoms with Gasteiger partial charge in [0.2, 0.25) is 5.88 Å². The van der Waals surface area contributed by atoms with E-state index in [1.807, 2.05) is 4.72 Å². The number of carbonyl (C=O) groups excluding carboxylic acids is 1. The summed E-state index contributed by atoms with van der Waals surface area (Å²) in [5.41, 5.74) is -2.35. The van der Waals surface area contributed by atoms with Crippen LogP contribution in [0.3, 0.4) is 0 Å². The fraction of sp³-hybridized carbons (Fsp3) is 0.136. The molecule has 188 valence electrons. The number of anilines is 1. The van der Waals surface area contributed by atoms with E-state index in [0.717, 1.165) is 30.5 Å². The highest BCUT2D eigenvalue weighted by molar-refractivity contribution is 7.92. The number of nitrogens with one attached hydrogen (secondary N) is 2. The third-order valence-corrected chi connectivity index (χ3v) is 6.72. The van der Waals surface area contributed by atoms with E-state index in [1.54, 1.807) is 0 Å². The maximum atomic E-state index is 15.5. The van der Waals surface area contributed by atoms with Crippen LogP contribution in [0.25, 0.3) is 22.0 Å². The van der Waals surface area contributed by atoms with Crippen LogP contribution in [-0.2, 0) is 10.0 Å². The van der Waals surface area contributed by atoms with Gasteiger partial charge in [0.1, 0.15) is 11.3 Å². The highest BCUT2D eigenvalue weighted by atomic mass is 35.5. The summed E-state index contributed by atoms with van der Waals surface area (Å²) in [5.74, 6) is -4.44. The van der Waals surface area contributed by atoms with E-state index < -0.39 is 55.1 Å². The van der Waals surface area contributed by atoms with Crippen molar-refractivity contribution >= 4 is 44.1 Å². The molecule has 4 rings (SSSR count). The Morgan fingerprint density at radius 2 is 1.86 bits per heavy atom. The van der Waals surface area contributed by atoms with Crippen molar-refractivity contribution in [3.8, 4) is 17.0 Å². The van der Waals surface area contributed by atoms with E-state index in [4.69, 9.17) is 16.3 Å². The van der Waals surface area contributed by atoms with Gasteiger partial charge in [0.05, 0.1) is 23.4 Å². The topological polar surface area (TPSA) is 117 Å². The van der Waals surface area contributed by atoms with Gasteiger partial charge in [-0.1, -0.05) is 17.7 Å². The zero-order chi connectivity index (χ0) is 26.4. The molecule has 0 radical (unpaired) electrons. The van der Waals surface area contributed by atoms with E-state index >= 15 is 8.78 Å². The van der Waals surface area contributed by atoms with Crippen LogP contribution in [0.4, 0.5) is 18.9 Å². The molecule has 36 heavy (non-hydrogen) atoms. The minimum absolute atomic E-state index is 0.0292. The molecule has 0 aliphatic rings. The summed E-state index contributed by atoms with van der Waals surface area (Å²) in [6, 6.07) is 5.02. The fourth-order valence-corrected chi connectivity index (χ4v) is 4.88. The number of H-pyrrole nitrogens is 1. The van der Waals surface area contributed by atoms with Gasteiger partial charge in [-0.15, -0.1) is 0 Å². The summed E-state index contributed by atoms with van der Waals surface area (Å²) in [6.07, 6.45) is 1.15. The summed E-state index contributed by atoms with van der Waals surface area (Å²) in [5, 5.41) is 6.26. The third kappa shape index (κ3) is 4.31. The van der Waals surface area contributed by atoms with Crippen molar-refractivity contribution in [1.82, 2.24) is 20.1 Å². The van der Waals surface area contributed by atoms with E-state index in [-0.39, 0.29) is 27.5 Å². The molecule has 0 spiro atoms. The van der Waals surface area contributed by atoms with Gasteiger partial charge in [-0.3, -0.25) is 14.6 Å². The van der Waals surface area contributed by atoms with Gasteiger partial charge in [0, 0.05) is 31.2 Å². The van der Waals surface area contributed by atoms with Crippen molar-refractivity contribution in [2.45, 2.75) is 4.90 Å². The molecule has 0 aliphatic heterocycles. The second-order valence-corrected chi connectivity index (χ2v) is 9.76. The smallest absolute Gasteiger partial charge is 0.274 e. The van der Waals surface area contributed by atoms with Crippen LogP contribution in [0, 0.1) is 17.5 Å². The molecule has 0 fully saturated rings. The van der Waals surface area contributed by atoms with Crippen LogP contribution >= 0.6 is 11.6 Å². The Morgan fingerprint density at radius 3 is 2.53 bits per heavy atom. The minimum atomic E-state index is -4.51. The Kier molecular flexibility index (Phi) is 6.54. The average Bonchev–Trinajstić information content (AvgIpc) is 3.26. The van der Waals surface area contributed by atoms with Gasteiger partial charge < -0.3 is 9.64 Å². The zero-order valence-electron chi connectivity index (χ0n) is 18.9. The first kappa shape index (κ1) is 25.3. The van der Waals surface area contributed by atoms with Gasteiger partial charge in [0.25, 0.3) is 15.9 Å². The minimum Gasteiger partial charge on any atom is -0.480 e. The van der Waals surface area contributed by atoms with Gasteiger partial charge in [-0.05, 0) is 24.3 Å². The van der Waals surface area contributed by atoms with Crippen LogP contribution in [0.1, 0.15) is 10.5 Å². The molecule has 2 N–H and O–H groups in total. The van der Waals surface area contributed by atoms with Crippen molar-refractivity contribution in [3.05, 3.63) is 64.7 Å². The number of rotatable bonds is 6. The average molecular weight is 540 g/mol. The number of hydrogen-bond donors (Lipinski definition) is 2. The number of fused-ring (bicyclic) bond motifs is 1. The molecule has 2 aromatic carbocycles. The number of aromatic nitrogens is 3. The number of methoxy groups -OCH3 is 1. The normalized spacial score (nSPS) is 11.5. The maximum absolute atomic E-state index is 15.5. The van der Waals surface area contributed by atoms with E-state index in [1.165, 1.54) is 32.2 Å². The Hall–Kier alpha value is -3.84. The van der Waals surface area contributed by atoms with Crippen molar-refractivity contribution in [1.29, 1.82) is 0 Å². The number of pyridine rings is 1. The molecule has 1 amide bonds. The highest BCUT2D eigenvalue weighted by Crippen LogP contribution is 2.36. The number of amides is 1. The number of hydrogen-bond acceptors (Lipinski definition) is 6. The summed E-state index contributed by atoms with van der Waals surface area (Å²) in [6.45, 7) is 0. The Balaban J connectivity index is 1.82. The van der Waals surface area contributed by atoms with Gasteiger partial charge in [-0.25, -0.2) is 26.6 Å². The summed E-state index contributed by atoms with van der Waals surface area (Å²) in [4.78, 5) is 16.8. The molecule has 0 unspecified atom stereocenters. The fourth-order valence-electron chi connectivity index (χ4n) is 3.45. The lowest BCUT2D eigenvalue weighted by molar-refractivity contribution is 0.0823. The predicted molar refractivity (Wildman–Crippen MR) is 126 cm³/mol. The molecular weight excluding hydrogens is 523 g/mol. The molecule has 2 heterocycles. The zero-order valence-corrected chi connectivity index (χ0v) is 20.4. The quantitative estimate of drug-likeness (QED) is 0.379. The molecular formula is C22H17ClF3N5O4S. The first-order valence-electron chi connectivity index (χ1n) is 10.0. The highest BCUT2D eigenvalue weighted by Gasteiger charge is 2.27. The number of halogens is 4. The Labute approximate surface area is 207 Å². The summed E-state index contributed by atoms with van der Waals surface area (Å²) in [7, 11) is -0.358. The van der Waals surface area contributed by atoms with Gasteiger partial charge in [-0.2, -0.15) is 5.10 Å². The van der Waals surface area contributed by atoms with Crippen molar-refractivity contribution in [2.24, 2.45) is 0 Å². The summed E-state index contributed by atoms with van der Waals surface area (Å²) < 4.78 is 78.3. The van der Waals surface area contributed by atoms with Crippen molar-refractivity contribution in [2.75, 3.05) is 25.9 Å². The second-order valence-electron chi connectivity index (χ2n) is 7.67. The van der Waals surface area contributed by atoms with E-state index in [9.17, 15) is 17.6 Å². The SMILES string of the molecule is COc1ncc(Cl)cc1S(=O)(=O)Nc1ccc(F)c(-c2ccc3c(C(=O)N(C)C)n[nH]c3c2F)c1F. The maximum Gasteiger partial charge on any atom is 0.274 e. The van der Waals surface area contributed by atoms with E-state index in [0.29, 0.717) is 0 Å². The number of nitrogens with zero attached hydrogens (tertiary/aromatic N) is 3. The predicted octanol–water partition coefficient (Wildman–Crippen LogP) is 4.21. The number of carbonyl (C=O) groups is 1. The molecule has 0 bridgehead atoms. The molecule has 14 heteroatoms. The molecule has 2 aromatic heterocycles. The lowest BCUT2D eigenvalue weighted by Crippen LogP contribution is -2.22. The molecule has 4 aromatic rings. The monoisotopic (exact) mass is 539 g/mol. The lowest BCUT2D eigenvalue weighted by atomic mass is 10.0. The first-order valence-corrected chi connectivity index (χ1v) is 11.9. The number of benzene rings is 2. The van der Waals surface area contributed by atoms with E-state index in [2.05, 4.69) is 15.2 Å². The molecule has 0 atom stereocenters. The second kappa shape index (κ2) is 9.32. The third-order valence-electron chi connectivity index (χ3n) is 5.16. The number of sulfonamides is 1. The van der Waals surface area contributed by atoms with Crippen LogP contribution in [0.15, 0.2) is 41.4 Å². The van der Waals surface area contributed by atoms with Crippen molar-refractivity contribution in [3.63, 3.8) is 0 Å². The summed E-state index contributed by atoms with van der Waals surface area (Å²) >= 11 is 5.84. The van der Waals surface area contributed by atoms with Crippen molar-refractivity contribution < 1.29 is 31.1 Å². The van der Waals surface area contributed by atoms with Gasteiger partial charge >= 0.3 is 0 Å². The lowest BCUT2D eigenvalue weighted by Gasteiger charge is -2.14. The first-order chi connectivity index (χ1) is 17.0. The molecule has 0 saturated carbocycles. The standard InChI is InChI=1S/C22H17ClF3N5O4S/c1-31(2)22(32)20-12-5-4-11(17(25)19(12)28-29-20)16-13(24)6-7-14(18(16)26)30-36(33,34)15-8-10(23)9-27-21(15)35-3/h4-9,30H,1-3H3,(H,28,29). The number of ether oxygens (including phenoxy) is 1. The number of aromatic amines is 1. The van der Waals surface area contributed by atoms with Gasteiger partial charge in [0.15, 0.2) is 22.2 Å². The molecule has 0 aliphatic carbocycles.